The van der Waals surface area contributed by atoms with Gasteiger partial charge in [-0.1, -0.05) is 12.2 Å². The van der Waals surface area contributed by atoms with Crippen LogP contribution in [0.25, 0.3) is 0 Å². The number of hydrogen-bond acceptors (Lipinski definition) is 2. The van der Waals surface area contributed by atoms with E-state index in [2.05, 4.69) is 12.2 Å². The first-order valence-electron chi connectivity index (χ1n) is 5.38. The normalized spacial score (nSPS) is 50.5. The number of rotatable bonds is 2. The van der Waals surface area contributed by atoms with Crippen molar-refractivity contribution in [3.63, 3.8) is 0 Å². The fourth-order valence-electron chi connectivity index (χ4n) is 2.91. The Bertz CT molecular complexity index is 254. The third kappa shape index (κ3) is 1.40. The summed E-state index contributed by atoms with van der Waals surface area (Å²) in [5, 5.41) is 0. The Morgan fingerprint density at radius 3 is 2.79 bits per heavy atom. The van der Waals surface area contributed by atoms with Gasteiger partial charge in [0.25, 0.3) is 0 Å². The molecule has 2 nitrogen and oxygen atoms in total. The predicted molar refractivity (Wildman–Crippen MR) is 54.2 cm³/mol. The highest BCUT2D eigenvalue weighted by atomic mass is 35.5. The zero-order valence-corrected chi connectivity index (χ0v) is 8.82. The number of hydrogen-bond donors (Lipinski definition) is 0. The van der Waals surface area contributed by atoms with E-state index in [0.29, 0.717) is 24.3 Å². The first-order valence-corrected chi connectivity index (χ1v) is 5.91. The highest BCUT2D eigenvalue weighted by molar-refractivity contribution is 6.18. The monoisotopic (exact) mass is 214 g/mol. The number of fused-ring (bicyclic) bond motifs is 2. The van der Waals surface area contributed by atoms with Gasteiger partial charge in [-0.3, -0.25) is 0 Å². The van der Waals surface area contributed by atoms with Crippen molar-refractivity contribution >= 4 is 11.6 Å². The van der Waals surface area contributed by atoms with Crippen LogP contribution in [0.4, 0.5) is 0 Å². The second-order valence-electron chi connectivity index (χ2n) is 4.56. The van der Waals surface area contributed by atoms with E-state index in [1.54, 1.807) is 0 Å². The lowest BCUT2D eigenvalue weighted by Crippen LogP contribution is -2.26. The SMILES string of the molecule is ClC[C@@H]1CO[C@H]([C@@H]2C[C@H]3C=C[C@H]2C3)O1. The van der Waals surface area contributed by atoms with E-state index in [0.717, 1.165) is 5.92 Å². The van der Waals surface area contributed by atoms with Gasteiger partial charge in [0.05, 0.1) is 18.6 Å². The molecule has 1 saturated carbocycles. The lowest BCUT2D eigenvalue weighted by molar-refractivity contribution is -0.1000. The third-order valence-electron chi connectivity index (χ3n) is 3.62. The van der Waals surface area contributed by atoms with E-state index >= 15 is 0 Å². The van der Waals surface area contributed by atoms with Gasteiger partial charge in [-0.2, -0.15) is 0 Å². The van der Waals surface area contributed by atoms with Gasteiger partial charge in [0.2, 0.25) is 0 Å². The fourth-order valence-corrected chi connectivity index (χ4v) is 3.07. The maximum atomic E-state index is 5.76. The molecule has 0 radical (unpaired) electrons. The molecule has 0 aromatic rings. The van der Waals surface area contributed by atoms with Gasteiger partial charge in [-0.05, 0) is 24.7 Å². The molecule has 1 saturated heterocycles. The second kappa shape index (κ2) is 3.51. The van der Waals surface area contributed by atoms with E-state index in [4.69, 9.17) is 21.1 Å². The summed E-state index contributed by atoms with van der Waals surface area (Å²) in [4.78, 5) is 0. The van der Waals surface area contributed by atoms with Crippen molar-refractivity contribution in [3.05, 3.63) is 12.2 Å². The number of ether oxygens (including phenoxy) is 2. The second-order valence-corrected chi connectivity index (χ2v) is 4.87. The topological polar surface area (TPSA) is 18.5 Å². The Morgan fingerprint density at radius 2 is 2.21 bits per heavy atom. The van der Waals surface area contributed by atoms with Gasteiger partial charge in [0, 0.05) is 5.92 Å². The van der Waals surface area contributed by atoms with Crippen molar-refractivity contribution in [3.8, 4) is 0 Å². The summed E-state index contributed by atoms with van der Waals surface area (Å²) in [6.45, 7) is 0.672. The number of alkyl halides is 1. The van der Waals surface area contributed by atoms with E-state index in [-0.39, 0.29) is 12.4 Å². The van der Waals surface area contributed by atoms with Crippen molar-refractivity contribution < 1.29 is 9.47 Å². The summed E-state index contributed by atoms with van der Waals surface area (Å²) in [5.41, 5.74) is 0. The quantitative estimate of drug-likeness (QED) is 0.518. The molecular weight excluding hydrogens is 200 g/mol. The Labute approximate surface area is 89.2 Å². The molecule has 3 rings (SSSR count). The molecule has 5 atom stereocenters. The van der Waals surface area contributed by atoms with Gasteiger partial charge in [-0.15, -0.1) is 11.6 Å². The lowest BCUT2D eigenvalue weighted by atomic mass is 9.93. The molecule has 1 heterocycles. The molecule has 3 aliphatic rings. The van der Waals surface area contributed by atoms with Crippen molar-refractivity contribution in [1.82, 2.24) is 0 Å². The Hall–Kier alpha value is -0.0500. The minimum Gasteiger partial charge on any atom is -0.350 e. The molecule has 0 spiro atoms. The van der Waals surface area contributed by atoms with Crippen LogP contribution in [0.15, 0.2) is 12.2 Å². The van der Waals surface area contributed by atoms with E-state index in [1.165, 1.54) is 12.8 Å². The first kappa shape index (κ1) is 9.20. The van der Waals surface area contributed by atoms with Gasteiger partial charge in [0.1, 0.15) is 0 Å². The predicted octanol–water partition coefficient (Wildman–Crippen LogP) is 2.18. The molecule has 78 valence electrons. The third-order valence-corrected chi connectivity index (χ3v) is 3.97. The average Bonchev–Trinajstić information content (AvgIpc) is 2.93. The zero-order valence-electron chi connectivity index (χ0n) is 8.06. The van der Waals surface area contributed by atoms with Crippen molar-refractivity contribution in [2.45, 2.75) is 25.2 Å². The highest BCUT2D eigenvalue weighted by Crippen LogP contribution is 2.46. The van der Waals surface area contributed by atoms with E-state index in [9.17, 15) is 0 Å². The van der Waals surface area contributed by atoms with Gasteiger partial charge in [-0.25, -0.2) is 0 Å². The van der Waals surface area contributed by atoms with Crippen LogP contribution in [0.1, 0.15) is 12.8 Å². The van der Waals surface area contributed by atoms with Gasteiger partial charge >= 0.3 is 0 Å². The Balaban J connectivity index is 1.65. The minimum absolute atomic E-state index is 0.0127. The van der Waals surface area contributed by atoms with E-state index in [1.807, 2.05) is 0 Å². The molecule has 0 N–H and O–H groups in total. The standard InChI is InChI=1S/C11H15ClO2/c12-5-9-6-13-11(14-9)10-4-7-1-2-8(10)3-7/h1-2,7-11H,3-6H2/t7-,8-,9+,10+,11-/m0/s1. The van der Waals surface area contributed by atoms with Crippen LogP contribution in [0, 0.1) is 17.8 Å². The highest BCUT2D eigenvalue weighted by Gasteiger charge is 2.43. The molecule has 0 aromatic carbocycles. The fraction of sp³-hybridized carbons (Fsp3) is 0.818. The van der Waals surface area contributed by atoms with Crippen molar-refractivity contribution in [2.24, 2.45) is 17.8 Å². The smallest absolute Gasteiger partial charge is 0.161 e. The maximum absolute atomic E-state index is 5.76. The van der Waals surface area contributed by atoms with Crippen LogP contribution >= 0.6 is 11.6 Å². The summed E-state index contributed by atoms with van der Waals surface area (Å²) >= 11 is 5.74. The van der Waals surface area contributed by atoms with Crippen LogP contribution in [0.2, 0.25) is 0 Å². The molecule has 14 heavy (non-hydrogen) atoms. The maximum Gasteiger partial charge on any atom is 0.161 e. The summed E-state index contributed by atoms with van der Waals surface area (Å²) in [5.74, 6) is 2.61. The molecule has 2 bridgehead atoms. The number of halogens is 1. The summed E-state index contributed by atoms with van der Waals surface area (Å²) in [6, 6.07) is 0. The zero-order chi connectivity index (χ0) is 9.54. The molecule has 0 unspecified atom stereocenters. The molecule has 2 aliphatic carbocycles. The van der Waals surface area contributed by atoms with E-state index < -0.39 is 0 Å². The average molecular weight is 215 g/mol. The Morgan fingerprint density at radius 1 is 1.29 bits per heavy atom. The minimum atomic E-state index is 0.0127. The van der Waals surface area contributed by atoms with Gasteiger partial charge < -0.3 is 9.47 Å². The molecule has 1 aliphatic heterocycles. The van der Waals surface area contributed by atoms with Crippen LogP contribution in [-0.2, 0) is 9.47 Å². The summed E-state index contributed by atoms with van der Waals surface area (Å²) in [6.07, 6.45) is 7.35. The van der Waals surface area contributed by atoms with Crippen molar-refractivity contribution in [1.29, 1.82) is 0 Å². The first-order chi connectivity index (χ1) is 6.86. The molecule has 3 heteroatoms. The molecule has 2 fully saturated rings. The summed E-state index contributed by atoms with van der Waals surface area (Å²) in [7, 11) is 0. The lowest BCUT2D eigenvalue weighted by Gasteiger charge is -2.23. The van der Waals surface area contributed by atoms with Crippen LogP contribution < -0.4 is 0 Å². The molecular formula is C11H15ClO2. The van der Waals surface area contributed by atoms with Crippen LogP contribution in [0.3, 0.4) is 0 Å². The van der Waals surface area contributed by atoms with Gasteiger partial charge in [0.15, 0.2) is 6.29 Å². The number of allylic oxidation sites excluding steroid dienone is 2. The summed E-state index contributed by atoms with van der Waals surface area (Å²) < 4.78 is 11.4. The Kier molecular flexibility index (Phi) is 2.31. The van der Waals surface area contributed by atoms with Crippen LogP contribution in [-0.4, -0.2) is 24.9 Å². The largest absolute Gasteiger partial charge is 0.350 e. The molecule has 0 aromatic heterocycles. The van der Waals surface area contributed by atoms with Crippen LogP contribution in [0.5, 0.6) is 0 Å². The molecule has 0 amide bonds. The van der Waals surface area contributed by atoms with Crippen molar-refractivity contribution in [2.75, 3.05) is 12.5 Å².